The van der Waals surface area contributed by atoms with Crippen LogP contribution in [0.5, 0.6) is 0 Å². The third-order valence-corrected chi connectivity index (χ3v) is 4.30. The van der Waals surface area contributed by atoms with Crippen LogP contribution >= 0.6 is 0 Å². The summed E-state index contributed by atoms with van der Waals surface area (Å²) in [7, 11) is 0. The molecule has 8 nitrogen and oxygen atoms in total. The summed E-state index contributed by atoms with van der Waals surface area (Å²) in [5, 5.41) is 8.00. The average molecular weight is 347 g/mol. The van der Waals surface area contributed by atoms with Gasteiger partial charge in [0.05, 0.1) is 50.1 Å². The van der Waals surface area contributed by atoms with Gasteiger partial charge < -0.3 is 14.4 Å². The Morgan fingerprint density at radius 2 is 1.96 bits per heavy atom. The van der Waals surface area contributed by atoms with Crippen molar-refractivity contribution >= 4 is 17.5 Å². The number of aromatic nitrogens is 3. The van der Waals surface area contributed by atoms with E-state index in [0.29, 0.717) is 50.8 Å². The van der Waals surface area contributed by atoms with Crippen molar-refractivity contribution < 1.29 is 18.7 Å². The number of benzene rings is 1. The highest BCUT2D eigenvalue weighted by atomic mass is 19.1. The molecule has 132 valence electrons. The molecule has 25 heavy (non-hydrogen) atoms. The van der Waals surface area contributed by atoms with E-state index in [1.807, 2.05) is 4.90 Å². The zero-order chi connectivity index (χ0) is 17.2. The fourth-order valence-electron chi connectivity index (χ4n) is 3.07. The maximum absolute atomic E-state index is 14.5. The van der Waals surface area contributed by atoms with E-state index in [2.05, 4.69) is 10.2 Å². The van der Waals surface area contributed by atoms with E-state index in [1.54, 1.807) is 24.5 Å². The van der Waals surface area contributed by atoms with Crippen LogP contribution < -0.4 is 9.80 Å². The SMILES string of the molecule is O=C1OC(Cn2nccn2)CN1c1ccc(N2CCOCC2)c(F)c1. The third kappa shape index (κ3) is 3.27. The van der Waals surface area contributed by atoms with E-state index in [0.717, 1.165) is 0 Å². The Kier molecular flexibility index (Phi) is 4.22. The minimum absolute atomic E-state index is 0.330. The smallest absolute Gasteiger partial charge is 0.414 e. The van der Waals surface area contributed by atoms with Gasteiger partial charge in [0.25, 0.3) is 0 Å². The standard InChI is InChI=1S/C16H18FN5O3/c17-14-9-12(1-2-15(14)20-5-7-24-8-6-20)21-10-13(25-16(21)23)11-22-18-3-4-19-22/h1-4,9,13H,5-8,10-11H2. The first-order valence-electron chi connectivity index (χ1n) is 8.15. The van der Waals surface area contributed by atoms with Crippen LogP contribution in [0.25, 0.3) is 0 Å². The molecule has 0 N–H and O–H groups in total. The summed E-state index contributed by atoms with van der Waals surface area (Å²) < 4.78 is 25.1. The van der Waals surface area contributed by atoms with E-state index in [-0.39, 0.29) is 11.9 Å². The van der Waals surface area contributed by atoms with Crippen LogP contribution in [-0.2, 0) is 16.0 Å². The summed E-state index contributed by atoms with van der Waals surface area (Å²) in [6.45, 7) is 3.17. The van der Waals surface area contributed by atoms with Gasteiger partial charge in [0, 0.05) is 13.1 Å². The topological polar surface area (TPSA) is 72.7 Å². The molecule has 2 aromatic rings. The highest BCUT2D eigenvalue weighted by molar-refractivity contribution is 5.90. The molecule has 4 rings (SSSR count). The van der Waals surface area contributed by atoms with Crippen molar-refractivity contribution in [3.05, 3.63) is 36.4 Å². The molecule has 3 heterocycles. The lowest BCUT2D eigenvalue weighted by molar-refractivity contribution is 0.122. The third-order valence-electron chi connectivity index (χ3n) is 4.30. The van der Waals surface area contributed by atoms with Crippen LogP contribution in [0.1, 0.15) is 0 Å². The Balaban J connectivity index is 1.47. The number of ether oxygens (including phenoxy) is 2. The zero-order valence-electron chi connectivity index (χ0n) is 13.5. The van der Waals surface area contributed by atoms with Gasteiger partial charge in [-0.3, -0.25) is 4.90 Å². The summed E-state index contributed by atoms with van der Waals surface area (Å²) in [6, 6.07) is 4.82. The van der Waals surface area contributed by atoms with Gasteiger partial charge in [0.1, 0.15) is 11.9 Å². The van der Waals surface area contributed by atoms with Gasteiger partial charge in [-0.2, -0.15) is 15.0 Å². The average Bonchev–Trinajstić information content (AvgIpc) is 3.25. The molecule has 1 aromatic carbocycles. The summed E-state index contributed by atoms with van der Waals surface area (Å²) in [5.41, 5.74) is 1.01. The molecule has 0 radical (unpaired) electrons. The molecule has 2 aliphatic heterocycles. The number of carbonyl (C=O) groups excluding carboxylic acids is 1. The van der Waals surface area contributed by atoms with Crippen LogP contribution in [0, 0.1) is 5.82 Å². The molecule has 9 heteroatoms. The number of anilines is 2. The lowest BCUT2D eigenvalue weighted by Gasteiger charge is -2.29. The summed E-state index contributed by atoms with van der Waals surface area (Å²) in [6.07, 6.45) is 2.26. The lowest BCUT2D eigenvalue weighted by Crippen LogP contribution is -2.36. The van der Waals surface area contributed by atoms with Gasteiger partial charge in [0.15, 0.2) is 0 Å². The van der Waals surface area contributed by atoms with Crippen LogP contribution in [0.4, 0.5) is 20.6 Å². The number of carbonyl (C=O) groups is 1. The first kappa shape index (κ1) is 15.8. The molecule has 1 atom stereocenters. The first-order chi connectivity index (χ1) is 12.2. The van der Waals surface area contributed by atoms with Gasteiger partial charge in [-0.1, -0.05) is 0 Å². The normalized spacial score (nSPS) is 20.8. The molecule has 2 aliphatic rings. The quantitative estimate of drug-likeness (QED) is 0.830. The summed E-state index contributed by atoms with van der Waals surface area (Å²) >= 11 is 0. The number of nitrogens with zero attached hydrogens (tertiary/aromatic N) is 5. The number of amides is 1. The van der Waals surface area contributed by atoms with Crippen molar-refractivity contribution in [2.24, 2.45) is 0 Å². The summed E-state index contributed by atoms with van der Waals surface area (Å²) in [4.78, 5) is 17.0. The number of cyclic esters (lactones) is 1. The van der Waals surface area contributed by atoms with Gasteiger partial charge >= 0.3 is 6.09 Å². The van der Waals surface area contributed by atoms with Crippen molar-refractivity contribution in [1.82, 2.24) is 15.0 Å². The minimum Gasteiger partial charge on any atom is -0.442 e. The Labute approximate surface area is 143 Å². The Bertz CT molecular complexity index is 748. The maximum Gasteiger partial charge on any atom is 0.414 e. The van der Waals surface area contributed by atoms with Gasteiger partial charge in [-0.05, 0) is 18.2 Å². The Morgan fingerprint density at radius 3 is 2.68 bits per heavy atom. The molecule has 1 amide bonds. The van der Waals surface area contributed by atoms with Crippen molar-refractivity contribution in [3.63, 3.8) is 0 Å². The Morgan fingerprint density at radius 1 is 1.20 bits per heavy atom. The molecule has 2 fully saturated rings. The lowest BCUT2D eigenvalue weighted by atomic mass is 10.2. The highest BCUT2D eigenvalue weighted by Gasteiger charge is 2.33. The second-order valence-corrected chi connectivity index (χ2v) is 5.94. The number of hydrogen-bond donors (Lipinski definition) is 0. The van der Waals surface area contributed by atoms with Crippen molar-refractivity contribution in [2.75, 3.05) is 42.6 Å². The van der Waals surface area contributed by atoms with Crippen LogP contribution in [0.15, 0.2) is 30.6 Å². The number of morpholine rings is 1. The van der Waals surface area contributed by atoms with Crippen LogP contribution in [-0.4, -0.2) is 60.0 Å². The van der Waals surface area contributed by atoms with Gasteiger partial charge in [-0.15, -0.1) is 0 Å². The summed E-state index contributed by atoms with van der Waals surface area (Å²) in [5.74, 6) is -0.357. The van der Waals surface area contributed by atoms with E-state index in [1.165, 1.54) is 15.8 Å². The molecular formula is C16H18FN5O3. The number of hydrogen-bond acceptors (Lipinski definition) is 6. The van der Waals surface area contributed by atoms with Crippen molar-refractivity contribution in [2.45, 2.75) is 12.6 Å². The van der Waals surface area contributed by atoms with Crippen LogP contribution in [0.2, 0.25) is 0 Å². The van der Waals surface area contributed by atoms with E-state index in [9.17, 15) is 9.18 Å². The largest absolute Gasteiger partial charge is 0.442 e. The predicted molar refractivity (Wildman–Crippen MR) is 87.1 cm³/mol. The molecule has 0 aliphatic carbocycles. The monoisotopic (exact) mass is 347 g/mol. The first-order valence-corrected chi connectivity index (χ1v) is 8.15. The van der Waals surface area contributed by atoms with E-state index in [4.69, 9.17) is 9.47 Å². The molecule has 0 saturated carbocycles. The fourth-order valence-corrected chi connectivity index (χ4v) is 3.07. The van der Waals surface area contributed by atoms with Crippen LogP contribution in [0.3, 0.4) is 0 Å². The second kappa shape index (κ2) is 6.67. The van der Waals surface area contributed by atoms with E-state index < -0.39 is 6.09 Å². The van der Waals surface area contributed by atoms with Crippen molar-refractivity contribution in [1.29, 1.82) is 0 Å². The molecular weight excluding hydrogens is 329 g/mol. The second-order valence-electron chi connectivity index (χ2n) is 5.94. The number of halogens is 1. The fraction of sp³-hybridized carbons (Fsp3) is 0.438. The molecule has 1 unspecified atom stereocenters. The minimum atomic E-state index is -0.490. The van der Waals surface area contributed by atoms with E-state index >= 15 is 0 Å². The maximum atomic E-state index is 14.5. The molecule has 0 spiro atoms. The zero-order valence-corrected chi connectivity index (χ0v) is 13.5. The highest BCUT2D eigenvalue weighted by Crippen LogP contribution is 2.28. The number of rotatable bonds is 4. The molecule has 2 saturated heterocycles. The Hall–Kier alpha value is -2.68. The predicted octanol–water partition coefficient (Wildman–Crippen LogP) is 1.28. The molecule has 0 bridgehead atoms. The molecule has 1 aromatic heterocycles. The van der Waals surface area contributed by atoms with Crippen molar-refractivity contribution in [3.8, 4) is 0 Å². The van der Waals surface area contributed by atoms with Gasteiger partial charge in [-0.25, -0.2) is 9.18 Å². The van der Waals surface area contributed by atoms with Gasteiger partial charge in [0.2, 0.25) is 0 Å².